The molecule has 1 amide bonds. The van der Waals surface area contributed by atoms with Gasteiger partial charge >= 0.3 is 7.82 Å². The van der Waals surface area contributed by atoms with Crippen molar-refractivity contribution in [1.82, 2.24) is 5.32 Å². The van der Waals surface area contributed by atoms with Gasteiger partial charge in [0.25, 0.3) is 0 Å². The first kappa shape index (κ1) is 51.6. The number of unbranched alkanes of at least 4 members (excludes halogenated alkanes) is 16. The normalized spacial score (nSPS) is 20.7. The van der Waals surface area contributed by atoms with E-state index in [2.05, 4.69) is 19.2 Å². The molecular weight excluding hydrogens is 719 g/mol. The third-order valence-corrected chi connectivity index (χ3v) is 11.6. The third kappa shape index (κ3) is 27.0. The van der Waals surface area contributed by atoms with Crippen LogP contribution < -0.4 is 5.32 Å². The van der Waals surface area contributed by atoms with E-state index in [1.165, 1.54) is 57.8 Å². The van der Waals surface area contributed by atoms with Crippen LogP contribution in [0.2, 0.25) is 0 Å². The van der Waals surface area contributed by atoms with E-state index in [9.17, 15) is 34.4 Å². The lowest BCUT2D eigenvalue weighted by molar-refractivity contribution is -0.870. The van der Waals surface area contributed by atoms with Crippen LogP contribution in [0.3, 0.4) is 0 Å². The van der Waals surface area contributed by atoms with Gasteiger partial charge in [-0.05, 0) is 38.0 Å². The average Bonchev–Trinajstić information content (AvgIpc) is 3.39. The van der Waals surface area contributed by atoms with Crippen molar-refractivity contribution in [3.05, 3.63) is 24.3 Å². The summed E-state index contributed by atoms with van der Waals surface area (Å²) >= 11 is 0. The molecule has 1 fully saturated rings. The number of nitrogens with one attached hydrogen (secondary N) is 1. The second-order valence-electron chi connectivity index (χ2n) is 16.9. The van der Waals surface area contributed by atoms with Crippen LogP contribution in [-0.2, 0) is 23.2 Å². The van der Waals surface area contributed by atoms with Crippen LogP contribution in [0.25, 0.3) is 0 Å². The fourth-order valence-electron chi connectivity index (χ4n) is 7.00. The molecular formula is C43H82N2O9P+. The summed E-state index contributed by atoms with van der Waals surface area (Å²) in [6.45, 7) is 4.48. The summed E-state index contributed by atoms with van der Waals surface area (Å²) in [5.74, 6) is -0.814. The van der Waals surface area contributed by atoms with Gasteiger partial charge in [0.15, 0.2) is 0 Å². The minimum atomic E-state index is -4.40. The van der Waals surface area contributed by atoms with Gasteiger partial charge in [-0.25, -0.2) is 4.57 Å². The van der Waals surface area contributed by atoms with E-state index >= 15 is 0 Å². The summed E-state index contributed by atoms with van der Waals surface area (Å²) in [5.41, 5.74) is 0. The van der Waals surface area contributed by atoms with Gasteiger partial charge in [-0.3, -0.25) is 18.6 Å². The average molecular weight is 802 g/mol. The van der Waals surface area contributed by atoms with Gasteiger partial charge in [0.1, 0.15) is 18.9 Å². The minimum Gasteiger partial charge on any atom is -0.392 e. The maximum atomic E-state index is 13.0. The van der Waals surface area contributed by atoms with Crippen molar-refractivity contribution in [2.24, 2.45) is 11.8 Å². The molecule has 322 valence electrons. The summed E-state index contributed by atoms with van der Waals surface area (Å²) in [6, 6.07) is -0.930. The first-order chi connectivity index (χ1) is 26.2. The Morgan fingerprint density at radius 2 is 1.44 bits per heavy atom. The Kier molecular flexibility index (Phi) is 28.7. The number of allylic oxidation sites excluding steroid dienone is 2. The predicted molar refractivity (Wildman–Crippen MR) is 222 cm³/mol. The Morgan fingerprint density at radius 1 is 0.855 bits per heavy atom. The first-order valence-electron chi connectivity index (χ1n) is 21.8. The zero-order chi connectivity index (χ0) is 41.0. The Morgan fingerprint density at radius 3 is 2.07 bits per heavy atom. The van der Waals surface area contributed by atoms with Crippen molar-refractivity contribution < 1.29 is 47.9 Å². The number of nitrogens with zero attached hydrogens (tertiary/aromatic N) is 1. The molecule has 1 aliphatic carbocycles. The number of ketones is 1. The number of amides is 1. The maximum Gasteiger partial charge on any atom is 0.472 e. The maximum absolute atomic E-state index is 13.0. The monoisotopic (exact) mass is 802 g/mol. The molecule has 0 saturated heterocycles. The van der Waals surface area contributed by atoms with Crippen molar-refractivity contribution in [3.8, 4) is 0 Å². The van der Waals surface area contributed by atoms with Gasteiger partial charge in [0.05, 0.1) is 52.1 Å². The topological polar surface area (TPSA) is 163 Å². The van der Waals surface area contributed by atoms with Crippen LogP contribution in [0.5, 0.6) is 0 Å². The fraction of sp³-hybridized carbons (Fsp3) is 0.860. The van der Waals surface area contributed by atoms with Gasteiger partial charge in [0, 0.05) is 18.8 Å². The van der Waals surface area contributed by atoms with Crippen molar-refractivity contribution in [3.63, 3.8) is 0 Å². The molecule has 5 N–H and O–H groups in total. The van der Waals surface area contributed by atoms with E-state index in [4.69, 9.17) is 9.05 Å². The summed E-state index contributed by atoms with van der Waals surface area (Å²) in [7, 11) is 1.43. The summed E-state index contributed by atoms with van der Waals surface area (Å²) in [5, 5.41) is 34.6. The number of hydrogen-bond donors (Lipinski definition) is 5. The molecule has 0 heterocycles. The lowest BCUT2D eigenvalue weighted by Gasteiger charge is -2.25. The summed E-state index contributed by atoms with van der Waals surface area (Å²) in [4.78, 5) is 35.8. The molecule has 0 aliphatic heterocycles. The smallest absolute Gasteiger partial charge is 0.392 e. The van der Waals surface area contributed by atoms with E-state index in [0.29, 0.717) is 30.3 Å². The molecule has 1 saturated carbocycles. The predicted octanol–water partition coefficient (Wildman–Crippen LogP) is 8.33. The molecule has 11 nitrogen and oxygen atoms in total. The molecule has 12 heteroatoms. The number of phosphoric ester groups is 1. The van der Waals surface area contributed by atoms with E-state index < -0.39 is 32.2 Å². The minimum absolute atomic E-state index is 0.0177. The van der Waals surface area contributed by atoms with Crippen molar-refractivity contribution in [2.75, 3.05) is 40.9 Å². The van der Waals surface area contributed by atoms with Crippen LogP contribution in [0.1, 0.15) is 162 Å². The largest absolute Gasteiger partial charge is 0.472 e. The Balaban J connectivity index is 2.55. The Labute approximate surface area is 334 Å². The summed E-state index contributed by atoms with van der Waals surface area (Å²) in [6.07, 6.45) is 27.1. The highest BCUT2D eigenvalue weighted by molar-refractivity contribution is 7.47. The van der Waals surface area contributed by atoms with Crippen LogP contribution in [0.15, 0.2) is 24.3 Å². The molecule has 55 heavy (non-hydrogen) atoms. The second-order valence-corrected chi connectivity index (χ2v) is 18.3. The number of rotatable bonds is 35. The highest BCUT2D eigenvalue weighted by Crippen LogP contribution is 2.43. The van der Waals surface area contributed by atoms with Gasteiger partial charge in [-0.15, -0.1) is 0 Å². The van der Waals surface area contributed by atoms with Gasteiger partial charge < -0.3 is 30.0 Å². The lowest BCUT2D eigenvalue weighted by Crippen LogP contribution is -2.45. The first-order valence-corrected chi connectivity index (χ1v) is 23.3. The Hall–Kier alpha value is -1.43. The molecule has 1 unspecified atom stereocenters. The number of aliphatic hydroxyl groups excluding tert-OH is 3. The van der Waals surface area contributed by atoms with E-state index in [1.54, 1.807) is 18.2 Å². The van der Waals surface area contributed by atoms with Gasteiger partial charge in [-0.1, -0.05) is 141 Å². The van der Waals surface area contributed by atoms with Crippen LogP contribution in [0.4, 0.5) is 0 Å². The number of aliphatic hydroxyl groups is 3. The van der Waals surface area contributed by atoms with Crippen molar-refractivity contribution >= 4 is 19.5 Å². The van der Waals surface area contributed by atoms with Crippen LogP contribution in [-0.4, -0.2) is 102 Å². The zero-order valence-corrected chi connectivity index (χ0v) is 36.3. The van der Waals surface area contributed by atoms with Crippen LogP contribution >= 0.6 is 7.82 Å². The van der Waals surface area contributed by atoms with E-state index in [1.807, 2.05) is 27.2 Å². The molecule has 7 atom stereocenters. The Bertz CT molecular complexity index is 1110. The molecule has 0 aromatic rings. The van der Waals surface area contributed by atoms with Gasteiger partial charge in [-0.2, -0.15) is 0 Å². The molecule has 0 aromatic carbocycles. The summed E-state index contributed by atoms with van der Waals surface area (Å²) < 4.78 is 23.5. The number of likely N-dealkylation sites (N-methyl/N-ethyl adjacent to an activating group) is 1. The van der Waals surface area contributed by atoms with Crippen molar-refractivity contribution in [2.45, 2.75) is 186 Å². The zero-order valence-electron chi connectivity index (χ0n) is 35.4. The van der Waals surface area contributed by atoms with Crippen LogP contribution in [0, 0.1) is 11.8 Å². The number of hydrogen-bond acceptors (Lipinski definition) is 8. The standard InChI is InChI=1S/C43H81N2O9P/c1-6-8-10-11-12-13-14-15-16-17-18-19-24-28-40(47)39(35-54-55(51,52)53-33-32-45(3,4)5)44-43(50)29-25-21-20-23-27-37-38(42(49)34-41(37)48)31-30-36(46)26-22-9-7-2/h24,28,30-31,36-41,46-48H,6-23,25-27,29,32-35H2,1-5H3,(H-,44,50,51,52)/p+1/b28-24+,31-30+/t36-,37+,38+,39-,40+,41-/m0/s1. The molecule has 0 radical (unpaired) electrons. The van der Waals surface area contributed by atoms with E-state index in [0.717, 1.165) is 57.8 Å². The molecule has 0 aromatic heterocycles. The molecule has 0 bridgehead atoms. The fourth-order valence-corrected chi connectivity index (χ4v) is 7.74. The SMILES string of the molecule is CCCCCCCCCCCCC/C=C/[C@@H](O)[C@H](COP(=O)(O)OCC[N+](C)(C)C)NC(=O)CCCCCC[C@H]1[C@@H](O)CC(=O)[C@@H]1/C=C/[C@@H](O)CCCCC. The highest BCUT2D eigenvalue weighted by atomic mass is 31.2. The van der Waals surface area contributed by atoms with Gasteiger partial charge in [0.2, 0.25) is 5.91 Å². The highest BCUT2D eigenvalue weighted by Gasteiger charge is 2.39. The number of carbonyl (C=O) groups excluding carboxylic acids is 2. The van der Waals surface area contributed by atoms with Crippen molar-refractivity contribution in [1.29, 1.82) is 0 Å². The second kappa shape index (κ2) is 30.6. The lowest BCUT2D eigenvalue weighted by atomic mass is 9.88. The van der Waals surface area contributed by atoms with E-state index in [-0.39, 0.29) is 49.6 Å². The molecule has 0 spiro atoms. The quantitative estimate of drug-likeness (QED) is 0.0184. The number of phosphoric acid groups is 1. The molecule has 1 aliphatic rings. The third-order valence-electron chi connectivity index (χ3n) is 10.6. The number of Topliss-reactive ketones (excluding diaryl/α,β-unsaturated/α-hetero) is 1. The number of quaternary nitrogens is 1. The number of carbonyl (C=O) groups is 2. The molecule has 1 rings (SSSR count).